The summed E-state index contributed by atoms with van der Waals surface area (Å²) < 4.78 is 0. The number of aliphatic carboxylic acids is 2. The molecule has 0 saturated heterocycles. The smallest absolute Gasteiger partial charge is 0.321 e. The van der Waals surface area contributed by atoms with Crippen molar-refractivity contribution >= 4 is 47.8 Å². The molecule has 2 aromatic heterocycles. The van der Waals surface area contributed by atoms with Gasteiger partial charge in [-0.2, -0.15) is 0 Å². The summed E-state index contributed by atoms with van der Waals surface area (Å²) in [7, 11) is 0. The lowest BCUT2D eigenvalue weighted by molar-refractivity contribution is -0.140. The van der Waals surface area contributed by atoms with E-state index in [0.717, 1.165) is 76.1 Å². The first-order valence-electron chi connectivity index (χ1n) is 24.4. The molecule has 14 nitrogen and oxygen atoms in total. The minimum atomic E-state index is -1.00. The number of imidazole rings is 2. The van der Waals surface area contributed by atoms with Gasteiger partial charge < -0.3 is 35.7 Å². The number of H-pyrrole nitrogens is 2. The van der Waals surface area contributed by atoms with E-state index in [2.05, 4.69) is 66.8 Å². The molecule has 0 aromatic carbocycles. The Morgan fingerprint density at radius 1 is 0.646 bits per heavy atom. The molecule has 2 amide bonds. The fraction of sp³-hybridized carbons (Fsp3) is 0.796. The summed E-state index contributed by atoms with van der Waals surface area (Å²) in [6.07, 6.45) is 30.8. The lowest BCUT2D eigenvalue weighted by atomic mass is 9.95. The average Bonchev–Trinajstić information content (AvgIpc) is 4.01. The van der Waals surface area contributed by atoms with Gasteiger partial charge in [-0.15, -0.1) is 24.0 Å². The number of carboxylic acids is 2. The maximum absolute atomic E-state index is 12.9. The molecule has 0 aliphatic heterocycles. The highest BCUT2D eigenvalue weighted by Crippen LogP contribution is 2.19. The van der Waals surface area contributed by atoms with E-state index < -0.39 is 24.0 Å². The van der Waals surface area contributed by atoms with Crippen LogP contribution in [-0.4, -0.2) is 114 Å². The summed E-state index contributed by atoms with van der Waals surface area (Å²) in [5, 5.41) is 20.8. The molecule has 2 unspecified atom stereocenters. The highest BCUT2D eigenvalue weighted by atomic mass is 35.5. The van der Waals surface area contributed by atoms with Crippen LogP contribution in [0.2, 0.25) is 0 Å². The zero-order valence-electron chi connectivity index (χ0n) is 40.6. The number of halogens is 2. The Morgan fingerprint density at radius 2 is 1.08 bits per heavy atom. The molecule has 65 heavy (non-hydrogen) atoms. The van der Waals surface area contributed by atoms with Gasteiger partial charge in [0, 0.05) is 62.8 Å². The molecular formula is C49H94Cl2N8O6. The normalized spacial score (nSPS) is 12.4. The van der Waals surface area contributed by atoms with Crippen LogP contribution in [0.3, 0.4) is 0 Å². The van der Waals surface area contributed by atoms with E-state index in [1.807, 2.05) is 9.80 Å². The van der Waals surface area contributed by atoms with Crippen LogP contribution in [-0.2, 0) is 32.0 Å². The summed E-state index contributed by atoms with van der Waals surface area (Å²) in [6, 6.07) is -1.66. The molecule has 2 heterocycles. The van der Waals surface area contributed by atoms with Gasteiger partial charge in [0.1, 0.15) is 18.0 Å². The van der Waals surface area contributed by atoms with Crippen LogP contribution in [0, 0.1) is 11.8 Å². The van der Waals surface area contributed by atoms with Crippen molar-refractivity contribution in [1.82, 2.24) is 35.1 Å². The van der Waals surface area contributed by atoms with Crippen molar-refractivity contribution in [1.29, 1.82) is 0 Å². The number of carboxylic acid groups (broad SMARTS) is 2. The topological polar surface area (TPSA) is 211 Å². The van der Waals surface area contributed by atoms with E-state index in [4.69, 9.17) is 22.4 Å². The van der Waals surface area contributed by atoms with Gasteiger partial charge in [-0.05, 0) is 37.5 Å². The fourth-order valence-electron chi connectivity index (χ4n) is 7.25. The molecule has 16 heteroatoms. The van der Waals surface area contributed by atoms with Crippen molar-refractivity contribution in [3.05, 3.63) is 36.4 Å². The summed E-state index contributed by atoms with van der Waals surface area (Å²) in [5.74, 6) is -0.476. The summed E-state index contributed by atoms with van der Waals surface area (Å²) >= 11 is 5.82. The molecule has 0 aliphatic rings. The average molecular weight is 962 g/mol. The Morgan fingerprint density at radius 3 is 1.45 bits per heavy atom. The number of nitrogens with zero attached hydrogens (tertiary/aromatic N) is 4. The Hall–Kier alpha value is -3.20. The highest BCUT2D eigenvalue weighted by Gasteiger charge is 2.22. The molecule has 380 valence electrons. The number of alkyl halides is 1. The van der Waals surface area contributed by atoms with Crippen molar-refractivity contribution < 1.29 is 29.4 Å². The maximum Gasteiger partial charge on any atom is 0.321 e. The van der Waals surface area contributed by atoms with E-state index >= 15 is 0 Å². The minimum absolute atomic E-state index is 0. The van der Waals surface area contributed by atoms with Crippen molar-refractivity contribution in [2.24, 2.45) is 17.6 Å². The number of hydrogen-bond acceptors (Lipinski definition) is 8. The van der Waals surface area contributed by atoms with Gasteiger partial charge in [-0.3, -0.25) is 24.5 Å². The van der Waals surface area contributed by atoms with Gasteiger partial charge in [0.2, 0.25) is 11.8 Å². The van der Waals surface area contributed by atoms with Gasteiger partial charge in [0.05, 0.1) is 19.2 Å². The minimum Gasteiger partial charge on any atom is -0.480 e. The fourth-order valence-corrected chi connectivity index (χ4v) is 7.42. The molecular weight excluding hydrogens is 867 g/mol. The number of nitrogens with one attached hydrogen (secondary N) is 3. The Bertz CT molecular complexity index is 1350. The van der Waals surface area contributed by atoms with E-state index in [9.17, 15) is 24.3 Å². The molecule has 0 radical (unpaired) electrons. The first-order chi connectivity index (χ1) is 30.4. The Labute approximate surface area is 405 Å². The first kappa shape index (κ1) is 66.1. The van der Waals surface area contributed by atoms with Gasteiger partial charge in [0.25, 0.3) is 0 Å². The number of rotatable bonds is 36. The number of unbranched alkanes of at least 4 members (excludes halogenated alkanes) is 12. The first-order valence-corrected chi connectivity index (χ1v) is 24.9. The van der Waals surface area contributed by atoms with Crippen molar-refractivity contribution in [3.63, 3.8) is 0 Å². The van der Waals surface area contributed by atoms with Crippen molar-refractivity contribution in [3.8, 4) is 0 Å². The largest absolute Gasteiger partial charge is 0.480 e. The molecule has 2 aromatic rings. The van der Waals surface area contributed by atoms with Gasteiger partial charge in [0.15, 0.2) is 0 Å². The molecule has 0 fully saturated rings. The second-order valence-corrected chi connectivity index (χ2v) is 17.2. The lowest BCUT2D eigenvalue weighted by Gasteiger charge is -2.30. The van der Waals surface area contributed by atoms with Crippen LogP contribution >= 0.6 is 24.0 Å². The summed E-state index contributed by atoms with van der Waals surface area (Å²) in [5.41, 5.74) is 6.74. The molecule has 4 atom stereocenters. The third-order valence-corrected chi connectivity index (χ3v) is 11.7. The van der Waals surface area contributed by atoms with E-state index in [1.165, 1.54) is 103 Å². The highest BCUT2D eigenvalue weighted by molar-refractivity contribution is 6.27. The Kier molecular flexibility index (Phi) is 45.4. The number of carbonyl (C=O) groups is 4. The van der Waals surface area contributed by atoms with Gasteiger partial charge in [-0.1, -0.05) is 152 Å². The predicted octanol–water partition coefficient (Wildman–Crippen LogP) is 10.5. The third kappa shape index (κ3) is 34.7. The number of amides is 2. The zero-order chi connectivity index (χ0) is 47.1. The maximum atomic E-state index is 12.9. The van der Waals surface area contributed by atoms with Crippen LogP contribution < -0.4 is 11.1 Å². The van der Waals surface area contributed by atoms with Crippen LogP contribution in [0.25, 0.3) is 0 Å². The van der Waals surface area contributed by atoms with Crippen LogP contribution in [0.5, 0.6) is 0 Å². The van der Waals surface area contributed by atoms with Crippen molar-refractivity contribution in [2.75, 3.05) is 38.6 Å². The molecule has 0 bridgehead atoms. The number of aromatic amines is 2. The van der Waals surface area contributed by atoms with Gasteiger partial charge in [-0.25, -0.2) is 9.97 Å². The SMILES string of the molecule is C.CCCCC(CC)CN(CC(CC)CCCC)C(=O)CCl.CCCCCCCCN(CCCCCCCC)C(=O)CN[C@@H](Cc1cnc[nH]1)C(=O)O.Cl.N[C@@H](Cc1cnc[nH]1)C(=O)O. The van der Waals surface area contributed by atoms with E-state index in [0.29, 0.717) is 11.8 Å². The quantitative estimate of drug-likeness (QED) is 0.0281. The molecule has 2 rings (SSSR count). The summed E-state index contributed by atoms with van der Waals surface area (Å²) in [4.78, 5) is 64.2. The van der Waals surface area contributed by atoms with Crippen LogP contribution in [0.4, 0.5) is 0 Å². The van der Waals surface area contributed by atoms with Crippen LogP contribution in [0.1, 0.15) is 189 Å². The number of carbonyl (C=O) groups excluding carboxylic acids is 2. The number of nitrogens with two attached hydrogens (primary N) is 1. The standard InChI is InChI=1S/C24H44N4O3.C18H36ClNO.C6H9N3O2.CH4.ClH/c1-3-5-7-9-11-13-15-28(16-14-12-10-8-6-4-2)23(29)19-26-22(24(30)31)17-21-18-25-20-27-21;1-5-9-11-16(7-3)14-20(18(21)13-19)15-17(8-4)12-10-6-2;7-5(6(10)11)1-4-2-8-3-9-4;;/h18,20,22,26H,3-17,19H2,1-2H3,(H,25,27)(H,30,31);16-17H,5-15H2,1-4H3;2-3,5H,1,7H2,(H,8,9)(H,10,11);1H4;1H/t22-;;5-;;/m0.0../s1. The molecule has 7 N–H and O–H groups in total. The molecule has 0 spiro atoms. The lowest BCUT2D eigenvalue weighted by Crippen LogP contribution is -2.46. The van der Waals surface area contributed by atoms with Crippen molar-refractivity contribution in [2.45, 2.75) is 202 Å². The summed E-state index contributed by atoms with van der Waals surface area (Å²) in [6.45, 7) is 16.7. The predicted molar refractivity (Wildman–Crippen MR) is 271 cm³/mol. The second kappa shape index (κ2) is 44.6. The second-order valence-electron chi connectivity index (χ2n) is 17.0. The van der Waals surface area contributed by atoms with Gasteiger partial charge >= 0.3 is 11.9 Å². The number of aromatic nitrogens is 4. The van der Waals surface area contributed by atoms with E-state index in [-0.39, 0.29) is 56.9 Å². The molecule has 0 aliphatic carbocycles. The monoisotopic (exact) mass is 961 g/mol. The zero-order valence-corrected chi connectivity index (χ0v) is 42.2. The van der Waals surface area contributed by atoms with Crippen LogP contribution in [0.15, 0.2) is 25.0 Å². The van der Waals surface area contributed by atoms with E-state index in [1.54, 1.807) is 12.4 Å². The molecule has 0 saturated carbocycles. The Balaban J connectivity index is -0.000000973. The number of hydrogen-bond donors (Lipinski definition) is 6. The third-order valence-electron chi connectivity index (χ3n) is 11.5.